The molecule has 1 N–H and O–H groups in total. The van der Waals surface area contributed by atoms with E-state index in [0.717, 1.165) is 18.4 Å². The molecule has 34 heavy (non-hydrogen) atoms. The third-order valence-corrected chi connectivity index (χ3v) is 5.70. The maximum absolute atomic E-state index is 12.7. The molecule has 5 rings (SSSR count). The average Bonchev–Trinajstić information content (AvgIpc) is 3.38. The van der Waals surface area contributed by atoms with E-state index in [1.165, 1.54) is 0 Å². The molecule has 9 nitrogen and oxygen atoms in total. The quantitative estimate of drug-likeness (QED) is 0.448. The van der Waals surface area contributed by atoms with Crippen molar-refractivity contribution in [1.29, 1.82) is 0 Å². The Morgan fingerprint density at radius 2 is 1.88 bits per heavy atom. The van der Waals surface area contributed by atoms with Gasteiger partial charge in [0.15, 0.2) is 0 Å². The first-order valence-corrected chi connectivity index (χ1v) is 11.2. The van der Waals surface area contributed by atoms with Crippen LogP contribution in [0.4, 0.5) is 10.5 Å². The van der Waals surface area contributed by atoms with Gasteiger partial charge in [-0.3, -0.25) is 4.98 Å². The van der Waals surface area contributed by atoms with Gasteiger partial charge < -0.3 is 19.5 Å². The Hall–Kier alpha value is -4.27. The van der Waals surface area contributed by atoms with Gasteiger partial charge in [-0.1, -0.05) is 28.9 Å². The summed E-state index contributed by atoms with van der Waals surface area (Å²) in [6, 6.07) is 16.7. The molecule has 0 saturated carbocycles. The van der Waals surface area contributed by atoms with Crippen LogP contribution in [0.1, 0.15) is 30.2 Å². The van der Waals surface area contributed by atoms with Crippen LogP contribution in [0, 0.1) is 6.92 Å². The molecule has 0 aliphatic carbocycles. The summed E-state index contributed by atoms with van der Waals surface area (Å²) in [5.74, 6) is 2.37. The molecule has 1 aliphatic heterocycles. The van der Waals surface area contributed by atoms with Gasteiger partial charge in [-0.2, -0.15) is 4.98 Å². The highest BCUT2D eigenvalue weighted by atomic mass is 16.5. The van der Waals surface area contributed by atoms with Crippen LogP contribution in [0.2, 0.25) is 0 Å². The Morgan fingerprint density at radius 1 is 1.06 bits per heavy atom. The minimum Gasteiger partial charge on any atom is -0.439 e. The number of hydrogen-bond donors (Lipinski definition) is 1. The molecule has 172 valence electrons. The van der Waals surface area contributed by atoms with Crippen LogP contribution in [0.25, 0.3) is 11.5 Å². The Labute approximate surface area is 196 Å². The summed E-state index contributed by atoms with van der Waals surface area (Å²) in [7, 11) is 0. The summed E-state index contributed by atoms with van der Waals surface area (Å²) in [4.78, 5) is 27.5. The number of rotatable bonds is 5. The van der Waals surface area contributed by atoms with Gasteiger partial charge in [0.05, 0.1) is 11.9 Å². The first kappa shape index (κ1) is 21.6. The number of piperidine rings is 1. The maximum atomic E-state index is 12.7. The van der Waals surface area contributed by atoms with Crippen LogP contribution in [0.3, 0.4) is 0 Å². The molecule has 4 heterocycles. The number of likely N-dealkylation sites (tertiary alicyclic amines) is 1. The molecule has 0 radical (unpaired) electrons. The van der Waals surface area contributed by atoms with E-state index in [1.807, 2.05) is 49.4 Å². The lowest BCUT2D eigenvalue weighted by Gasteiger charge is -2.30. The Kier molecular flexibility index (Phi) is 6.15. The van der Waals surface area contributed by atoms with Gasteiger partial charge in [0.1, 0.15) is 11.4 Å². The summed E-state index contributed by atoms with van der Waals surface area (Å²) < 4.78 is 11.2. The van der Waals surface area contributed by atoms with Crippen molar-refractivity contribution in [2.45, 2.75) is 25.7 Å². The molecule has 0 unspecified atom stereocenters. The van der Waals surface area contributed by atoms with Crippen LogP contribution in [-0.2, 0) is 0 Å². The predicted molar refractivity (Wildman–Crippen MR) is 126 cm³/mol. The molecule has 0 atom stereocenters. The van der Waals surface area contributed by atoms with Crippen LogP contribution < -0.4 is 10.1 Å². The number of amides is 2. The summed E-state index contributed by atoms with van der Waals surface area (Å²) in [6.45, 7) is 3.21. The molecule has 1 aromatic carbocycles. The van der Waals surface area contributed by atoms with Gasteiger partial charge in [-0.25, -0.2) is 9.78 Å². The van der Waals surface area contributed by atoms with Crippen LogP contribution in [0.5, 0.6) is 11.6 Å². The number of nitrogens with zero attached hydrogens (tertiary/aromatic N) is 5. The molecular formula is C25H24N6O3. The molecule has 4 aromatic rings. The highest BCUT2D eigenvalue weighted by molar-refractivity contribution is 5.89. The van der Waals surface area contributed by atoms with E-state index in [2.05, 4.69) is 25.4 Å². The van der Waals surface area contributed by atoms with Crippen molar-refractivity contribution >= 4 is 11.7 Å². The summed E-state index contributed by atoms with van der Waals surface area (Å²) in [6.07, 6.45) is 4.78. The predicted octanol–water partition coefficient (Wildman–Crippen LogP) is 5.04. The fourth-order valence-corrected chi connectivity index (χ4v) is 3.77. The standard InChI is InChI=1S/C25H24N6O3/c1-17-5-8-20(9-6-17)33-22-10-7-19(16-27-22)28-25(32)31-14-11-18(12-15-31)24-29-23(30-34-24)21-4-2-3-13-26-21/h2-10,13,16,18H,11-12,14-15H2,1H3,(H,28,32). The number of pyridine rings is 2. The van der Waals surface area contributed by atoms with Gasteiger partial charge in [0.25, 0.3) is 0 Å². The Balaban J connectivity index is 1.13. The molecule has 3 aromatic heterocycles. The number of carbonyl (C=O) groups excluding carboxylic acids is 1. The fourth-order valence-electron chi connectivity index (χ4n) is 3.77. The first-order chi connectivity index (χ1) is 16.6. The van der Waals surface area contributed by atoms with Crippen molar-refractivity contribution in [1.82, 2.24) is 25.0 Å². The van der Waals surface area contributed by atoms with Gasteiger partial charge in [-0.15, -0.1) is 0 Å². The van der Waals surface area contributed by atoms with E-state index in [0.29, 0.717) is 47.8 Å². The largest absolute Gasteiger partial charge is 0.439 e. The lowest BCUT2D eigenvalue weighted by atomic mass is 9.97. The second kappa shape index (κ2) is 9.70. The molecule has 1 fully saturated rings. The molecule has 9 heteroatoms. The van der Waals surface area contributed by atoms with Crippen LogP contribution >= 0.6 is 0 Å². The lowest BCUT2D eigenvalue weighted by molar-refractivity contribution is 0.187. The topological polar surface area (TPSA) is 106 Å². The van der Waals surface area contributed by atoms with Crippen molar-refractivity contribution in [3.05, 3.63) is 78.4 Å². The van der Waals surface area contributed by atoms with Crippen LogP contribution in [-0.4, -0.2) is 44.1 Å². The van der Waals surface area contributed by atoms with Crippen LogP contribution in [0.15, 0.2) is 71.5 Å². The highest BCUT2D eigenvalue weighted by Gasteiger charge is 2.28. The van der Waals surface area contributed by atoms with E-state index in [9.17, 15) is 4.79 Å². The molecular weight excluding hydrogens is 432 g/mol. The van der Waals surface area contributed by atoms with E-state index in [-0.39, 0.29) is 11.9 Å². The van der Waals surface area contributed by atoms with E-state index in [1.54, 1.807) is 29.4 Å². The Bertz CT molecular complexity index is 1230. The zero-order valence-electron chi connectivity index (χ0n) is 18.7. The second-order valence-electron chi connectivity index (χ2n) is 8.16. The number of hydrogen-bond acceptors (Lipinski definition) is 7. The van der Waals surface area contributed by atoms with Crippen molar-refractivity contribution in [2.24, 2.45) is 0 Å². The SMILES string of the molecule is Cc1ccc(Oc2ccc(NC(=O)N3CCC(c4nc(-c5ccccn5)no4)CC3)cn2)cc1. The van der Waals surface area contributed by atoms with Gasteiger partial charge in [0.2, 0.25) is 17.6 Å². The number of anilines is 1. The number of nitrogens with one attached hydrogen (secondary N) is 1. The van der Waals surface area contributed by atoms with Crippen molar-refractivity contribution in [3.8, 4) is 23.1 Å². The number of ether oxygens (including phenoxy) is 1. The molecule has 0 spiro atoms. The number of carbonyl (C=O) groups is 1. The third kappa shape index (κ3) is 5.03. The maximum Gasteiger partial charge on any atom is 0.321 e. The van der Waals surface area contributed by atoms with Gasteiger partial charge in [-0.05, 0) is 50.1 Å². The lowest BCUT2D eigenvalue weighted by Crippen LogP contribution is -2.40. The molecule has 0 bridgehead atoms. The van der Waals surface area contributed by atoms with E-state index < -0.39 is 0 Å². The summed E-state index contributed by atoms with van der Waals surface area (Å²) in [5, 5.41) is 6.95. The fraction of sp³-hybridized carbons (Fsp3) is 0.240. The minimum absolute atomic E-state index is 0.119. The van der Waals surface area contributed by atoms with E-state index in [4.69, 9.17) is 9.26 Å². The number of aromatic nitrogens is 4. The normalized spacial score (nSPS) is 14.1. The smallest absolute Gasteiger partial charge is 0.321 e. The Morgan fingerprint density at radius 3 is 2.59 bits per heavy atom. The van der Waals surface area contributed by atoms with Crippen molar-refractivity contribution in [3.63, 3.8) is 0 Å². The molecule has 1 aliphatic rings. The number of urea groups is 1. The summed E-state index contributed by atoms with van der Waals surface area (Å²) >= 11 is 0. The summed E-state index contributed by atoms with van der Waals surface area (Å²) in [5.41, 5.74) is 2.45. The second-order valence-corrected chi connectivity index (χ2v) is 8.16. The minimum atomic E-state index is -0.160. The zero-order valence-corrected chi connectivity index (χ0v) is 18.7. The molecule has 1 saturated heterocycles. The average molecular weight is 457 g/mol. The first-order valence-electron chi connectivity index (χ1n) is 11.2. The van der Waals surface area contributed by atoms with E-state index >= 15 is 0 Å². The number of aryl methyl sites for hydroxylation is 1. The van der Waals surface area contributed by atoms with Gasteiger partial charge in [0, 0.05) is 31.3 Å². The zero-order chi connectivity index (χ0) is 23.3. The monoisotopic (exact) mass is 456 g/mol. The highest BCUT2D eigenvalue weighted by Crippen LogP contribution is 2.28. The molecule has 2 amide bonds. The third-order valence-electron chi connectivity index (χ3n) is 5.70. The number of benzene rings is 1. The van der Waals surface area contributed by atoms with Crippen molar-refractivity contribution < 1.29 is 14.1 Å². The van der Waals surface area contributed by atoms with Crippen molar-refractivity contribution in [2.75, 3.05) is 18.4 Å². The van der Waals surface area contributed by atoms with Gasteiger partial charge >= 0.3 is 6.03 Å².